The Morgan fingerprint density at radius 1 is 1.21 bits per heavy atom. The van der Waals surface area contributed by atoms with Crippen LogP contribution in [0.3, 0.4) is 0 Å². The molecule has 1 aliphatic rings. The van der Waals surface area contributed by atoms with Crippen LogP contribution in [0.25, 0.3) is 0 Å². The van der Waals surface area contributed by atoms with E-state index < -0.39 is 6.10 Å². The molecule has 24 heavy (non-hydrogen) atoms. The maximum atomic E-state index is 12.2. The predicted molar refractivity (Wildman–Crippen MR) is 104 cm³/mol. The van der Waals surface area contributed by atoms with Crippen LogP contribution in [0.15, 0.2) is 48.5 Å². The van der Waals surface area contributed by atoms with Gasteiger partial charge in [0.05, 0.1) is 4.58 Å². The molecule has 0 bridgehead atoms. The van der Waals surface area contributed by atoms with Gasteiger partial charge in [0.2, 0.25) is 0 Å². The minimum Gasteiger partial charge on any atom is -0.481 e. The van der Waals surface area contributed by atoms with Gasteiger partial charge < -0.3 is 10.1 Å². The number of rotatable bonds is 5. The van der Waals surface area contributed by atoms with Gasteiger partial charge >= 0.3 is 0 Å². The first-order chi connectivity index (χ1) is 11.6. The molecule has 0 unspecified atom stereocenters. The summed E-state index contributed by atoms with van der Waals surface area (Å²) < 4.78 is 6.25. The number of ether oxygens (including phenoxy) is 1. The van der Waals surface area contributed by atoms with Crippen molar-refractivity contribution in [2.75, 3.05) is 16.8 Å². The molecule has 0 aliphatic carbocycles. The van der Waals surface area contributed by atoms with Crippen LogP contribution in [0.2, 0.25) is 5.02 Å². The van der Waals surface area contributed by atoms with Gasteiger partial charge in [-0.3, -0.25) is 4.79 Å². The molecule has 1 fully saturated rings. The van der Waals surface area contributed by atoms with E-state index in [1.165, 1.54) is 17.1 Å². The fraction of sp³-hybridized carbons (Fsp3) is 0.278. The van der Waals surface area contributed by atoms with Crippen LogP contribution in [0.1, 0.15) is 17.1 Å². The number of hydrogen-bond donors (Lipinski definition) is 1. The van der Waals surface area contributed by atoms with E-state index in [0.717, 1.165) is 0 Å². The summed E-state index contributed by atoms with van der Waals surface area (Å²) in [5.41, 5.74) is 1.96. The van der Waals surface area contributed by atoms with E-state index in [0.29, 0.717) is 21.0 Å². The van der Waals surface area contributed by atoms with Crippen LogP contribution in [-0.4, -0.2) is 23.5 Å². The number of benzene rings is 2. The zero-order valence-corrected chi connectivity index (χ0v) is 15.6. The second-order valence-corrected chi connectivity index (χ2v) is 8.56. The highest BCUT2D eigenvalue weighted by Crippen LogP contribution is 2.45. The summed E-state index contributed by atoms with van der Waals surface area (Å²) in [6.45, 7) is 1.73. The second kappa shape index (κ2) is 8.19. The molecule has 0 spiro atoms. The van der Waals surface area contributed by atoms with Crippen LogP contribution >= 0.6 is 35.1 Å². The molecule has 2 aromatic carbocycles. The molecule has 0 radical (unpaired) electrons. The monoisotopic (exact) mass is 379 g/mol. The summed E-state index contributed by atoms with van der Waals surface area (Å²) in [5, 5.41) is 3.39. The van der Waals surface area contributed by atoms with Crippen LogP contribution in [0, 0.1) is 0 Å². The highest BCUT2D eigenvalue weighted by molar-refractivity contribution is 8.19. The van der Waals surface area contributed by atoms with E-state index in [4.69, 9.17) is 16.3 Å². The topological polar surface area (TPSA) is 38.3 Å². The number of amides is 1. The Hall–Kier alpha value is -1.30. The molecular formula is C18H18ClNO2S2. The third-order valence-corrected chi connectivity index (χ3v) is 6.89. The van der Waals surface area contributed by atoms with Gasteiger partial charge in [0.1, 0.15) is 5.75 Å². The van der Waals surface area contributed by atoms with Gasteiger partial charge in [-0.25, -0.2) is 0 Å². The van der Waals surface area contributed by atoms with Crippen molar-refractivity contribution < 1.29 is 9.53 Å². The summed E-state index contributed by atoms with van der Waals surface area (Å²) in [4.78, 5) is 12.2. The van der Waals surface area contributed by atoms with Crippen LogP contribution in [0.5, 0.6) is 5.75 Å². The second-order valence-electron chi connectivity index (χ2n) is 5.40. The van der Waals surface area contributed by atoms with Gasteiger partial charge in [-0.2, -0.15) is 0 Å². The third-order valence-electron chi connectivity index (χ3n) is 3.55. The van der Waals surface area contributed by atoms with Crippen molar-refractivity contribution >= 4 is 46.7 Å². The van der Waals surface area contributed by atoms with Gasteiger partial charge in [-0.05, 0) is 42.8 Å². The maximum absolute atomic E-state index is 12.2. The average molecular weight is 380 g/mol. The van der Waals surface area contributed by atoms with Crippen molar-refractivity contribution in [1.82, 2.24) is 0 Å². The smallest absolute Gasteiger partial charge is 0.265 e. The first-order valence-corrected chi connectivity index (χ1v) is 10.2. The number of anilines is 1. The van der Waals surface area contributed by atoms with E-state index in [-0.39, 0.29) is 5.91 Å². The Kier molecular flexibility index (Phi) is 5.98. The van der Waals surface area contributed by atoms with Gasteiger partial charge in [-0.1, -0.05) is 29.8 Å². The quantitative estimate of drug-likeness (QED) is 0.772. The Morgan fingerprint density at radius 3 is 2.58 bits per heavy atom. The molecule has 6 heteroatoms. The van der Waals surface area contributed by atoms with E-state index >= 15 is 0 Å². The fourth-order valence-corrected chi connectivity index (χ4v) is 5.37. The van der Waals surface area contributed by atoms with Gasteiger partial charge in [0.15, 0.2) is 6.10 Å². The zero-order valence-electron chi connectivity index (χ0n) is 13.2. The number of nitrogens with one attached hydrogen (secondary N) is 1. The summed E-state index contributed by atoms with van der Waals surface area (Å²) in [6.07, 6.45) is -0.593. The SMILES string of the molecule is C[C@H](Oc1ccc(C2SCCS2)cc1)C(=O)Nc1cccc(Cl)c1. The molecule has 0 saturated carbocycles. The highest BCUT2D eigenvalue weighted by Gasteiger charge is 2.19. The Morgan fingerprint density at radius 2 is 1.92 bits per heavy atom. The Labute approximate surface area is 155 Å². The molecule has 0 aromatic heterocycles. The fourth-order valence-electron chi connectivity index (χ4n) is 2.32. The zero-order chi connectivity index (χ0) is 16.9. The van der Waals surface area contributed by atoms with Crippen molar-refractivity contribution in [1.29, 1.82) is 0 Å². The summed E-state index contributed by atoms with van der Waals surface area (Å²) in [6, 6.07) is 15.1. The van der Waals surface area contributed by atoms with E-state index in [1.807, 2.05) is 35.7 Å². The van der Waals surface area contributed by atoms with Crippen LogP contribution < -0.4 is 10.1 Å². The number of thioether (sulfide) groups is 2. The van der Waals surface area contributed by atoms with Gasteiger partial charge in [0, 0.05) is 22.2 Å². The summed E-state index contributed by atoms with van der Waals surface area (Å²) >= 11 is 9.86. The molecule has 3 nitrogen and oxygen atoms in total. The molecular weight excluding hydrogens is 362 g/mol. The van der Waals surface area contributed by atoms with Gasteiger partial charge in [-0.15, -0.1) is 23.5 Å². The van der Waals surface area contributed by atoms with Crippen molar-refractivity contribution in [3.05, 3.63) is 59.1 Å². The standard InChI is InChI=1S/C18H18ClNO2S2/c1-12(17(21)20-15-4-2-3-14(19)11-15)22-16-7-5-13(6-8-16)18-23-9-10-24-18/h2-8,11-12,18H,9-10H2,1H3,(H,20,21)/t12-/m0/s1. The number of carbonyl (C=O) groups is 1. The van der Waals surface area contributed by atoms with Crippen LogP contribution in [0.4, 0.5) is 5.69 Å². The lowest BCUT2D eigenvalue weighted by atomic mass is 10.2. The lowest BCUT2D eigenvalue weighted by Crippen LogP contribution is -2.30. The number of hydrogen-bond acceptors (Lipinski definition) is 4. The molecule has 2 aromatic rings. The Balaban J connectivity index is 1.57. The summed E-state index contributed by atoms with van der Waals surface area (Å²) in [5.74, 6) is 2.89. The van der Waals surface area contributed by atoms with Crippen LogP contribution in [-0.2, 0) is 4.79 Å². The van der Waals surface area contributed by atoms with Crippen molar-refractivity contribution in [3.8, 4) is 5.75 Å². The Bertz CT molecular complexity index is 702. The molecule has 1 amide bonds. The largest absolute Gasteiger partial charge is 0.481 e. The maximum Gasteiger partial charge on any atom is 0.265 e. The summed E-state index contributed by atoms with van der Waals surface area (Å²) in [7, 11) is 0. The number of halogens is 1. The molecule has 1 N–H and O–H groups in total. The average Bonchev–Trinajstić information content (AvgIpc) is 3.10. The molecule has 1 atom stereocenters. The van der Waals surface area contributed by atoms with E-state index in [9.17, 15) is 4.79 Å². The highest BCUT2D eigenvalue weighted by atomic mass is 35.5. The van der Waals surface area contributed by atoms with E-state index in [2.05, 4.69) is 17.4 Å². The van der Waals surface area contributed by atoms with Crippen molar-refractivity contribution in [3.63, 3.8) is 0 Å². The normalized spacial score (nSPS) is 15.9. The molecule has 3 rings (SSSR count). The van der Waals surface area contributed by atoms with E-state index in [1.54, 1.807) is 31.2 Å². The number of carbonyl (C=O) groups excluding carboxylic acids is 1. The molecule has 126 valence electrons. The van der Waals surface area contributed by atoms with Crippen molar-refractivity contribution in [2.45, 2.75) is 17.6 Å². The third kappa shape index (κ3) is 4.62. The minimum atomic E-state index is -0.593. The molecule has 1 heterocycles. The predicted octanol–water partition coefficient (Wildman–Crippen LogP) is 5.22. The van der Waals surface area contributed by atoms with Crippen molar-refractivity contribution in [2.24, 2.45) is 0 Å². The first-order valence-electron chi connectivity index (χ1n) is 7.68. The molecule has 1 saturated heterocycles. The molecule has 1 aliphatic heterocycles. The van der Waals surface area contributed by atoms with Gasteiger partial charge in [0.25, 0.3) is 5.91 Å². The lowest BCUT2D eigenvalue weighted by Gasteiger charge is -2.16. The minimum absolute atomic E-state index is 0.205. The first kappa shape index (κ1) is 17.5. The lowest BCUT2D eigenvalue weighted by molar-refractivity contribution is -0.122.